The maximum Gasteiger partial charge on any atom is 0.163 e. The van der Waals surface area contributed by atoms with E-state index in [0.29, 0.717) is 16.4 Å². The van der Waals surface area contributed by atoms with E-state index in [9.17, 15) is 4.79 Å². The minimum Gasteiger partial charge on any atom is -0.317 e. The molecule has 0 aliphatic rings. The average Bonchev–Trinajstić information content (AvgIpc) is 2.65. The highest BCUT2D eigenvalue weighted by Crippen LogP contribution is 2.22. The minimum atomic E-state index is 0.441. The molecule has 2 rings (SSSR count). The van der Waals surface area contributed by atoms with Gasteiger partial charge in [-0.05, 0) is 18.2 Å². The van der Waals surface area contributed by atoms with Crippen molar-refractivity contribution >= 4 is 17.9 Å². The number of hydrogen-bond donors (Lipinski definition) is 0. The standard InChI is InChI=1S/C10H8ClN3O/c1-14-6-12-13-10(14)7-2-3-9(11)8(4-7)5-15/h2-6H,1H3. The van der Waals surface area contributed by atoms with E-state index < -0.39 is 0 Å². The summed E-state index contributed by atoms with van der Waals surface area (Å²) in [5, 5.41) is 8.15. The highest BCUT2D eigenvalue weighted by Gasteiger charge is 2.07. The predicted molar refractivity (Wildman–Crippen MR) is 56.8 cm³/mol. The molecule has 15 heavy (non-hydrogen) atoms. The number of hydrogen-bond acceptors (Lipinski definition) is 3. The van der Waals surface area contributed by atoms with Crippen molar-refractivity contribution in [3.05, 3.63) is 35.1 Å². The van der Waals surface area contributed by atoms with Gasteiger partial charge >= 0.3 is 0 Å². The van der Waals surface area contributed by atoms with Crippen LogP contribution >= 0.6 is 11.6 Å². The van der Waals surface area contributed by atoms with Crippen LogP contribution in [-0.2, 0) is 7.05 Å². The lowest BCUT2D eigenvalue weighted by Gasteiger charge is -2.02. The first-order chi connectivity index (χ1) is 7.22. The topological polar surface area (TPSA) is 47.8 Å². The molecule has 0 spiro atoms. The highest BCUT2D eigenvalue weighted by molar-refractivity contribution is 6.33. The number of aryl methyl sites for hydroxylation is 1. The van der Waals surface area contributed by atoms with Crippen molar-refractivity contribution in [1.82, 2.24) is 14.8 Å². The van der Waals surface area contributed by atoms with Gasteiger partial charge in [-0.25, -0.2) is 0 Å². The number of halogens is 1. The van der Waals surface area contributed by atoms with Crippen LogP contribution in [0.4, 0.5) is 0 Å². The predicted octanol–water partition coefficient (Wildman–Crippen LogP) is 1.95. The summed E-state index contributed by atoms with van der Waals surface area (Å²) in [6.45, 7) is 0. The fourth-order valence-corrected chi connectivity index (χ4v) is 1.48. The molecule has 0 N–H and O–H groups in total. The minimum absolute atomic E-state index is 0.441. The quantitative estimate of drug-likeness (QED) is 0.729. The Hall–Kier alpha value is -1.68. The molecule has 0 bridgehead atoms. The number of rotatable bonds is 2. The van der Waals surface area contributed by atoms with Gasteiger partial charge in [0.2, 0.25) is 0 Å². The van der Waals surface area contributed by atoms with Crippen molar-refractivity contribution in [1.29, 1.82) is 0 Å². The zero-order valence-corrected chi connectivity index (χ0v) is 8.77. The Morgan fingerprint density at radius 3 is 2.87 bits per heavy atom. The van der Waals surface area contributed by atoms with E-state index in [-0.39, 0.29) is 0 Å². The van der Waals surface area contributed by atoms with Gasteiger partial charge in [0.1, 0.15) is 6.33 Å². The molecule has 0 radical (unpaired) electrons. The van der Waals surface area contributed by atoms with Crippen LogP contribution in [0.25, 0.3) is 11.4 Å². The number of aldehydes is 1. The second-order valence-corrected chi connectivity index (χ2v) is 3.53. The molecule has 0 fully saturated rings. The maximum atomic E-state index is 10.7. The largest absolute Gasteiger partial charge is 0.317 e. The summed E-state index contributed by atoms with van der Waals surface area (Å²) in [5.74, 6) is 0.703. The summed E-state index contributed by atoms with van der Waals surface area (Å²) in [7, 11) is 1.84. The lowest BCUT2D eigenvalue weighted by molar-refractivity contribution is 0.112. The summed E-state index contributed by atoms with van der Waals surface area (Å²) in [6, 6.07) is 5.17. The fourth-order valence-electron chi connectivity index (χ4n) is 1.32. The third kappa shape index (κ3) is 1.76. The van der Waals surface area contributed by atoms with E-state index in [1.165, 1.54) is 0 Å². The molecule has 1 aromatic carbocycles. The van der Waals surface area contributed by atoms with Gasteiger partial charge in [-0.1, -0.05) is 11.6 Å². The summed E-state index contributed by atoms with van der Waals surface area (Å²) >= 11 is 5.82. The zero-order chi connectivity index (χ0) is 10.8. The molecule has 0 aliphatic heterocycles. The first-order valence-corrected chi connectivity index (χ1v) is 4.69. The SMILES string of the molecule is Cn1cnnc1-c1ccc(Cl)c(C=O)c1. The third-order valence-electron chi connectivity index (χ3n) is 2.09. The van der Waals surface area contributed by atoms with Gasteiger partial charge in [0.05, 0.1) is 5.02 Å². The van der Waals surface area contributed by atoms with Gasteiger partial charge in [0.25, 0.3) is 0 Å². The fraction of sp³-hybridized carbons (Fsp3) is 0.100. The van der Waals surface area contributed by atoms with Crippen LogP contribution in [0.5, 0.6) is 0 Å². The van der Waals surface area contributed by atoms with Crippen LogP contribution in [-0.4, -0.2) is 21.1 Å². The highest BCUT2D eigenvalue weighted by atomic mass is 35.5. The van der Waals surface area contributed by atoms with Gasteiger partial charge < -0.3 is 4.57 Å². The van der Waals surface area contributed by atoms with Gasteiger partial charge in [-0.3, -0.25) is 4.79 Å². The first kappa shape index (κ1) is 9.86. The average molecular weight is 222 g/mol. The Kier molecular flexibility index (Phi) is 2.51. The van der Waals surface area contributed by atoms with Gasteiger partial charge in [0, 0.05) is 18.2 Å². The molecule has 1 heterocycles. The second kappa shape index (κ2) is 3.82. The maximum absolute atomic E-state index is 10.7. The van der Waals surface area contributed by atoms with Crippen LogP contribution in [0.1, 0.15) is 10.4 Å². The van der Waals surface area contributed by atoms with E-state index in [4.69, 9.17) is 11.6 Å². The van der Waals surface area contributed by atoms with Crippen LogP contribution in [0.15, 0.2) is 24.5 Å². The van der Waals surface area contributed by atoms with E-state index in [0.717, 1.165) is 11.8 Å². The molecule has 0 amide bonds. The van der Waals surface area contributed by atoms with Crippen LogP contribution in [0, 0.1) is 0 Å². The zero-order valence-electron chi connectivity index (χ0n) is 8.01. The summed E-state index contributed by atoms with van der Waals surface area (Å²) in [4.78, 5) is 10.7. The van der Waals surface area contributed by atoms with E-state index in [2.05, 4.69) is 10.2 Å². The molecular formula is C10H8ClN3O. The lowest BCUT2D eigenvalue weighted by Crippen LogP contribution is -1.92. The lowest BCUT2D eigenvalue weighted by atomic mass is 10.1. The van der Waals surface area contributed by atoms with E-state index in [1.54, 1.807) is 29.1 Å². The van der Waals surface area contributed by atoms with Crippen molar-refractivity contribution < 1.29 is 4.79 Å². The molecule has 0 saturated heterocycles. The Morgan fingerprint density at radius 2 is 2.27 bits per heavy atom. The second-order valence-electron chi connectivity index (χ2n) is 3.12. The van der Waals surface area contributed by atoms with Crippen molar-refractivity contribution in [2.75, 3.05) is 0 Å². The van der Waals surface area contributed by atoms with Crippen LogP contribution in [0.3, 0.4) is 0 Å². The normalized spacial score (nSPS) is 10.3. The Balaban J connectivity index is 2.55. The Bertz CT molecular complexity index is 507. The third-order valence-corrected chi connectivity index (χ3v) is 2.44. The van der Waals surface area contributed by atoms with E-state index >= 15 is 0 Å². The van der Waals surface area contributed by atoms with E-state index in [1.807, 2.05) is 7.05 Å². The number of benzene rings is 1. The van der Waals surface area contributed by atoms with Crippen molar-refractivity contribution in [3.63, 3.8) is 0 Å². The molecule has 2 aromatic rings. The van der Waals surface area contributed by atoms with Gasteiger partial charge in [0.15, 0.2) is 12.1 Å². The van der Waals surface area contributed by atoms with Crippen molar-refractivity contribution in [2.24, 2.45) is 7.05 Å². The summed E-state index contributed by atoms with van der Waals surface area (Å²) < 4.78 is 1.78. The van der Waals surface area contributed by atoms with Crippen LogP contribution < -0.4 is 0 Å². The number of carbonyl (C=O) groups is 1. The molecule has 1 aromatic heterocycles. The monoisotopic (exact) mass is 221 g/mol. The molecule has 0 aliphatic carbocycles. The van der Waals surface area contributed by atoms with Gasteiger partial charge in [-0.2, -0.15) is 0 Å². The summed E-state index contributed by atoms with van der Waals surface area (Å²) in [6.07, 6.45) is 2.33. The summed E-state index contributed by atoms with van der Waals surface area (Å²) in [5.41, 5.74) is 1.28. The molecule has 4 nitrogen and oxygen atoms in total. The van der Waals surface area contributed by atoms with Crippen molar-refractivity contribution in [2.45, 2.75) is 0 Å². The Labute approximate surface area is 91.5 Å². The smallest absolute Gasteiger partial charge is 0.163 e. The Morgan fingerprint density at radius 1 is 1.47 bits per heavy atom. The van der Waals surface area contributed by atoms with Crippen LogP contribution in [0.2, 0.25) is 5.02 Å². The number of carbonyl (C=O) groups excluding carboxylic acids is 1. The number of nitrogens with zero attached hydrogens (tertiary/aromatic N) is 3. The van der Waals surface area contributed by atoms with Gasteiger partial charge in [-0.15, -0.1) is 10.2 Å². The molecule has 5 heteroatoms. The molecule has 0 atom stereocenters. The van der Waals surface area contributed by atoms with Crippen molar-refractivity contribution in [3.8, 4) is 11.4 Å². The molecule has 76 valence electrons. The molecule has 0 unspecified atom stereocenters. The first-order valence-electron chi connectivity index (χ1n) is 4.31. The molecular weight excluding hydrogens is 214 g/mol. The number of aromatic nitrogens is 3. The molecule has 0 saturated carbocycles.